The van der Waals surface area contributed by atoms with Crippen molar-refractivity contribution in [2.45, 2.75) is 49.6 Å². The Bertz CT molecular complexity index is 213. The fraction of sp³-hybridized carbons (Fsp3) is 0.889. The van der Waals surface area contributed by atoms with E-state index in [1.165, 1.54) is 0 Å². The molecule has 0 aliphatic heterocycles. The predicted octanol–water partition coefficient (Wildman–Crippen LogP) is 3.84. The Morgan fingerprint density at radius 3 is 2.29 bits per heavy atom. The molecule has 0 rings (SSSR count). The minimum absolute atomic E-state index is 0.324. The lowest BCUT2D eigenvalue weighted by atomic mass is 10.0. The summed E-state index contributed by atoms with van der Waals surface area (Å²) in [6, 6.07) is 0. The van der Waals surface area contributed by atoms with Gasteiger partial charge in [-0.05, 0) is 18.9 Å². The molecule has 0 aliphatic carbocycles. The van der Waals surface area contributed by atoms with Crippen LogP contribution in [0.1, 0.15) is 26.7 Å². The van der Waals surface area contributed by atoms with Crippen LogP contribution in [0.4, 0.5) is 0 Å². The van der Waals surface area contributed by atoms with Crippen molar-refractivity contribution < 1.29 is 9.90 Å². The Kier molecular flexibility index (Phi) is 5.15. The number of aliphatic carboxylic acids is 1. The van der Waals surface area contributed by atoms with Crippen LogP contribution in [-0.4, -0.2) is 22.8 Å². The molecular formula is C9H18BrClO2Si. The van der Waals surface area contributed by atoms with Gasteiger partial charge in [-0.1, -0.05) is 42.4 Å². The van der Waals surface area contributed by atoms with Gasteiger partial charge in [0.1, 0.15) is 4.32 Å². The second kappa shape index (κ2) is 4.99. The zero-order chi connectivity index (χ0) is 11.6. The maximum atomic E-state index is 10.9. The van der Waals surface area contributed by atoms with Crippen LogP contribution in [-0.2, 0) is 4.79 Å². The molecule has 0 radical (unpaired) electrons. The van der Waals surface area contributed by atoms with Crippen molar-refractivity contribution in [2.75, 3.05) is 0 Å². The van der Waals surface area contributed by atoms with E-state index in [-0.39, 0.29) is 0 Å². The number of hydrogen-bond donors (Lipinski definition) is 1. The monoisotopic (exact) mass is 300 g/mol. The largest absolute Gasteiger partial charge is 0.480 e. The normalized spacial score (nSPS) is 18.7. The molecule has 0 saturated heterocycles. The van der Waals surface area contributed by atoms with E-state index in [2.05, 4.69) is 35.9 Å². The molecular weight excluding hydrogens is 284 g/mol. The van der Waals surface area contributed by atoms with E-state index in [0.29, 0.717) is 12.0 Å². The van der Waals surface area contributed by atoms with Crippen LogP contribution < -0.4 is 0 Å². The summed E-state index contributed by atoms with van der Waals surface area (Å²) in [4.78, 5) is 10.9. The van der Waals surface area contributed by atoms with E-state index < -0.39 is 17.7 Å². The fourth-order valence-electron chi connectivity index (χ4n) is 1.42. The van der Waals surface area contributed by atoms with E-state index in [1.807, 2.05) is 0 Å². The molecule has 84 valence electrons. The maximum absolute atomic E-state index is 10.9. The van der Waals surface area contributed by atoms with Gasteiger partial charge >= 0.3 is 5.97 Å². The van der Waals surface area contributed by atoms with Crippen molar-refractivity contribution in [1.82, 2.24) is 0 Å². The van der Waals surface area contributed by atoms with Crippen LogP contribution >= 0.6 is 27.0 Å². The Labute approximate surface area is 99.9 Å². The summed E-state index contributed by atoms with van der Waals surface area (Å²) in [6.07, 6.45) is 1.54. The van der Waals surface area contributed by atoms with Crippen LogP contribution in [0.15, 0.2) is 0 Å². The van der Waals surface area contributed by atoms with Gasteiger partial charge < -0.3 is 5.11 Å². The molecule has 0 heterocycles. The number of rotatable bonds is 5. The average molecular weight is 302 g/mol. The van der Waals surface area contributed by atoms with Gasteiger partial charge in [0.25, 0.3) is 0 Å². The zero-order valence-electron chi connectivity index (χ0n) is 9.10. The van der Waals surface area contributed by atoms with Crippen LogP contribution in [0.2, 0.25) is 18.6 Å². The molecule has 0 aromatic carbocycles. The summed E-state index contributed by atoms with van der Waals surface area (Å²) in [5, 5.41) is 8.98. The van der Waals surface area contributed by atoms with Crippen LogP contribution in [0.25, 0.3) is 0 Å². The van der Waals surface area contributed by atoms with Crippen LogP contribution in [0.5, 0.6) is 0 Å². The highest BCUT2D eigenvalue weighted by molar-refractivity contribution is 9.10. The van der Waals surface area contributed by atoms with Gasteiger partial charge in [-0.3, -0.25) is 4.79 Å². The van der Waals surface area contributed by atoms with Gasteiger partial charge in [0, 0.05) is 0 Å². The lowest BCUT2D eigenvalue weighted by Crippen LogP contribution is -2.35. The Morgan fingerprint density at radius 2 is 2.07 bits per heavy atom. The highest BCUT2D eigenvalue weighted by Crippen LogP contribution is 2.39. The van der Waals surface area contributed by atoms with E-state index >= 15 is 0 Å². The second-order valence-electron chi connectivity index (χ2n) is 4.38. The number of carboxylic acid groups (broad SMARTS) is 1. The SMILES string of the molecule is CCC(CC(C)(Br)C(=O)O)[Si](C)(C)Cl. The molecule has 2 nitrogen and oxygen atoms in total. The Hall–Kier alpha value is 0.457. The van der Waals surface area contributed by atoms with Gasteiger partial charge in [-0.25, -0.2) is 0 Å². The predicted molar refractivity (Wildman–Crippen MR) is 67.0 cm³/mol. The third-order valence-electron chi connectivity index (χ3n) is 2.54. The topological polar surface area (TPSA) is 37.3 Å². The maximum Gasteiger partial charge on any atom is 0.320 e. The molecule has 5 heteroatoms. The molecule has 1 N–H and O–H groups in total. The summed E-state index contributed by atoms with van der Waals surface area (Å²) in [6.45, 7) is 7.88. The number of halogens is 2. The number of hydrogen-bond acceptors (Lipinski definition) is 1. The average Bonchev–Trinajstić information content (AvgIpc) is 1.97. The van der Waals surface area contributed by atoms with Crippen molar-refractivity contribution in [2.24, 2.45) is 0 Å². The third kappa shape index (κ3) is 4.32. The first kappa shape index (κ1) is 14.5. The summed E-state index contributed by atoms with van der Waals surface area (Å²) in [5.74, 6) is -0.814. The molecule has 0 aromatic rings. The van der Waals surface area contributed by atoms with E-state index in [0.717, 1.165) is 6.42 Å². The van der Waals surface area contributed by atoms with Crippen molar-refractivity contribution in [3.05, 3.63) is 0 Å². The van der Waals surface area contributed by atoms with Gasteiger partial charge in [-0.15, -0.1) is 0 Å². The lowest BCUT2D eigenvalue weighted by Gasteiger charge is -2.30. The first-order valence-corrected chi connectivity index (χ1v) is 9.60. The molecule has 2 atom stereocenters. The van der Waals surface area contributed by atoms with E-state index in [4.69, 9.17) is 16.2 Å². The first-order valence-electron chi connectivity index (χ1n) is 4.72. The molecule has 0 aliphatic rings. The molecule has 2 unspecified atom stereocenters. The van der Waals surface area contributed by atoms with Crippen molar-refractivity contribution in [3.8, 4) is 0 Å². The van der Waals surface area contributed by atoms with Crippen molar-refractivity contribution in [1.29, 1.82) is 0 Å². The zero-order valence-corrected chi connectivity index (χ0v) is 12.4. The Balaban J connectivity index is 4.55. The van der Waals surface area contributed by atoms with E-state index in [1.54, 1.807) is 6.92 Å². The molecule has 0 bridgehead atoms. The minimum Gasteiger partial charge on any atom is -0.480 e. The highest BCUT2D eigenvalue weighted by Gasteiger charge is 2.38. The molecule has 0 aromatic heterocycles. The van der Waals surface area contributed by atoms with Gasteiger partial charge in [0.2, 0.25) is 0 Å². The van der Waals surface area contributed by atoms with Gasteiger partial charge in [0.15, 0.2) is 7.38 Å². The van der Waals surface area contributed by atoms with Crippen molar-refractivity contribution >= 4 is 40.4 Å². The van der Waals surface area contributed by atoms with Crippen molar-refractivity contribution in [3.63, 3.8) is 0 Å². The lowest BCUT2D eigenvalue weighted by molar-refractivity contribution is -0.139. The molecule has 0 saturated carbocycles. The minimum atomic E-state index is -1.76. The molecule has 14 heavy (non-hydrogen) atoms. The van der Waals surface area contributed by atoms with E-state index in [9.17, 15) is 4.79 Å². The highest BCUT2D eigenvalue weighted by atomic mass is 79.9. The van der Waals surface area contributed by atoms with Crippen LogP contribution in [0, 0.1) is 0 Å². The number of carboxylic acids is 1. The van der Waals surface area contributed by atoms with Gasteiger partial charge in [0.05, 0.1) is 0 Å². The van der Waals surface area contributed by atoms with Gasteiger partial charge in [-0.2, -0.15) is 11.1 Å². The summed E-state index contributed by atoms with van der Waals surface area (Å²) in [5.41, 5.74) is 0.324. The molecule has 0 spiro atoms. The third-order valence-corrected chi connectivity index (χ3v) is 6.68. The number of alkyl halides is 1. The summed E-state index contributed by atoms with van der Waals surface area (Å²) >= 11 is 9.58. The molecule has 0 fully saturated rings. The quantitative estimate of drug-likeness (QED) is 0.476. The standard InChI is InChI=1S/C9H18BrClO2Si/c1-5-7(14(3,4)11)6-9(2,10)8(12)13/h7H,5-6H2,1-4H3,(H,12,13). The second-order valence-corrected chi connectivity index (χ2v) is 13.0. The fourth-order valence-corrected chi connectivity index (χ4v) is 4.67. The molecule has 0 amide bonds. The smallest absolute Gasteiger partial charge is 0.320 e. The first-order chi connectivity index (χ1) is 6.11. The summed E-state index contributed by atoms with van der Waals surface area (Å²) in [7, 11) is -1.76. The summed E-state index contributed by atoms with van der Waals surface area (Å²) < 4.78 is -0.840. The number of carbonyl (C=O) groups is 1. The van der Waals surface area contributed by atoms with Crippen LogP contribution in [0.3, 0.4) is 0 Å². The Morgan fingerprint density at radius 1 is 1.64 bits per heavy atom.